The lowest BCUT2D eigenvalue weighted by Gasteiger charge is -2.36. The number of benzene rings is 1. The van der Waals surface area contributed by atoms with Crippen LogP contribution < -0.4 is 0 Å². The predicted octanol–water partition coefficient (Wildman–Crippen LogP) is 1.99. The van der Waals surface area contributed by atoms with Crippen LogP contribution in [0, 0.1) is 5.92 Å². The van der Waals surface area contributed by atoms with Crippen molar-refractivity contribution in [3.8, 4) is 0 Å². The number of amides is 1. The van der Waals surface area contributed by atoms with Crippen molar-refractivity contribution < 1.29 is 17.9 Å². The average molecular weight is 387 g/mol. The zero-order valence-corrected chi connectivity index (χ0v) is 15.8. The van der Waals surface area contributed by atoms with Gasteiger partial charge in [-0.05, 0) is 44.0 Å². The first-order chi connectivity index (χ1) is 11.9. The number of hydrogen-bond acceptors (Lipinski definition) is 4. The third-order valence-electron chi connectivity index (χ3n) is 4.81. The molecule has 1 aromatic carbocycles. The molecular formula is C17H23ClN2O4S. The number of piperidine rings is 1. The molecule has 138 valence electrons. The number of morpholine rings is 1. The molecule has 0 aliphatic carbocycles. The van der Waals surface area contributed by atoms with Gasteiger partial charge in [-0.25, -0.2) is 8.42 Å². The Bertz CT molecular complexity index is 715. The van der Waals surface area contributed by atoms with E-state index in [0.717, 1.165) is 0 Å². The molecule has 8 heteroatoms. The van der Waals surface area contributed by atoms with Gasteiger partial charge in [0.1, 0.15) is 0 Å². The minimum absolute atomic E-state index is 0.0584. The highest BCUT2D eigenvalue weighted by Crippen LogP contribution is 2.26. The van der Waals surface area contributed by atoms with Gasteiger partial charge in [0.25, 0.3) is 0 Å². The Morgan fingerprint density at radius 1 is 1.16 bits per heavy atom. The van der Waals surface area contributed by atoms with Crippen LogP contribution in [0.5, 0.6) is 0 Å². The van der Waals surface area contributed by atoms with Gasteiger partial charge in [-0.1, -0.05) is 11.6 Å². The van der Waals surface area contributed by atoms with E-state index in [2.05, 4.69) is 0 Å². The van der Waals surface area contributed by atoms with Gasteiger partial charge in [-0.15, -0.1) is 0 Å². The van der Waals surface area contributed by atoms with Crippen LogP contribution in [0.4, 0.5) is 0 Å². The molecule has 2 aliphatic rings. The summed E-state index contributed by atoms with van der Waals surface area (Å²) in [6, 6.07) is 6.18. The minimum Gasteiger partial charge on any atom is -0.375 e. The zero-order chi connectivity index (χ0) is 18.0. The van der Waals surface area contributed by atoms with Crippen molar-refractivity contribution in [1.82, 2.24) is 9.21 Å². The van der Waals surface area contributed by atoms with Gasteiger partial charge in [0.15, 0.2) is 0 Å². The van der Waals surface area contributed by atoms with Crippen LogP contribution in [-0.2, 0) is 19.6 Å². The summed E-state index contributed by atoms with van der Waals surface area (Å²) in [5, 5.41) is 0.503. The van der Waals surface area contributed by atoms with E-state index < -0.39 is 10.0 Å². The van der Waals surface area contributed by atoms with E-state index >= 15 is 0 Å². The van der Waals surface area contributed by atoms with Gasteiger partial charge in [0.05, 0.1) is 17.6 Å². The molecule has 0 aromatic heterocycles. The Balaban J connectivity index is 1.61. The smallest absolute Gasteiger partial charge is 0.243 e. The molecule has 2 saturated heterocycles. The summed E-state index contributed by atoms with van der Waals surface area (Å²) in [6.45, 7) is 4.48. The van der Waals surface area contributed by atoms with E-state index in [1.807, 2.05) is 11.8 Å². The normalized spacial score (nSPS) is 23.6. The van der Waals surface area contributed by atoms with Crippen molar-refractivity contribution in [2.75, 3.05) is 32.8 Å². The maximum atomic E-state index is 12.7. The molecule has 2 aliphatic heterocycles. The van der Waals surface area contributed by atoms with Gasteiger partial charge in [0.2, 0.25) is 15.9 Å². The SMILES string of the molecule is C[C@@H]1CN(C(=O)C2CCN(S(=O)(=O)c3ccc(Cl)cc3)CC2)CCO1. The molecule has 3 rings (SSSR count). The summed E-state index contributed by atoms with van der Waals surface area (Å²) < 4.78 is 32.3. The maximum absolute atomic E-state index is 12.7. The van der Waals surface area contributed by atoms with E-state index in [0.29, 0.717) is 50.7 Å². The molecule has 6 nitrogen and oxygen atoms in total. The van der Waals surface area contributed by atoms with Crippen molar-refractivity contribution in [2.24, 2.45) is 5.92 Å². The van der Waals surface area contributed by atoms with Gasteiger partial charge in [-0.2, -0.15) is 4.31 Å². The molecule has 0 spiro atoms. The first-order valence-corrected chi connectivity index (χ1v) is 10.4. The monoisotopic (exact) mass is 386 g/mol. The summed E-state index contributed by atoms with van der Waals surface area (Å²) in [5.41, 5.74) is 0. The van der Waals surface area contributed by atoms with Gasteiger partial charge < -0.3 is 9.64 Å². The Kier molecular flexibility index (Phi) is 5.68. The molecule has 1 atom stereocenters. The largest absolute Gasteiger partial charge is 0.375 e. The highest BCUT2D eigenvalue weighted by Gasteiger charge is 2.34. The quantitative estimate of drug-likeness (QED) is 0.796. The molecule has 2 fully saturated rings. The highest BCUT2D eigenvalue weighted by molar-refractivity contribution is 7.89. The number of nitrogens with zero attached hydrogens (tertiary/aromatic N) is 2. The summed E-state index contributed by atoms with van der Waals surface area (Å²) in [6.07, 6.45) is 1.16. The summed E-state index contributed by atoms with van der Waals surface area (Å²) in [4.78, 5) is 14.7. The van der Waals surface area contributed by atoms with Crippen LogP contribution in [0.2, 0.25) is 5.02 Å². The first kappa shape index (κ1) is 18.6. The highest BCUT2D eigenvalue weighted by atomic mass is 35.5. The fourth-order valence-electron chi connectivity index (χ4n) is 3.38. The molecule has 0 bridgehead atoms. The number of hydrogen-bond donors (Lipinski definition) is 0. The van der Waals surface area contributed by atoms with E-state index in [9.17, 15) is 13.2 Å². The van der Waals surface area contributed by atoms with E-state index in [1.165, 1.54) is 16.4 Å². The second kappa shape index (κ2) is 7.61. The fraction of sp³-hybridized carbons (Fsp3) is 0.588. The molecule has 25 heavy (non-hydrogen) atoms. The molecule has 0 radical (unpaired) electrons. The third kappa shape index (κ3) is 4.16. The van der Waals surface area contributed by atoms with Gasteiger partial charge in [0, 0.05) is 37.1 Å². The average Bonchev–Trinajstić information content (AvgIpc) is 2.61. The van der Waals surface area contributed by atoms with Crippen molar-refractivity contribution in [2.45, 2.75) is 30.8 Å². The summed E-state index contributed by atoms with van der Waals surface area (Å²) >= 11 is 5.83. The van der Waals surface area contributed by atoms with Crippen molar-refractivity contribution in [3.63, 3.8) is 0 Å². The van der Waals surface area contributed by atoms with E-state index in [1.54, 1.807) is 12.1 Å². The summed E-state index contributed by atoms with van der Waals surface area (Å²) in [5.74, 6) is 0.0145. The number of carbonyl (C=O) groups excluding carboxylic acids is 1. The van der Waals surface area contributed by atoms with Gasteiger partial charge >= 0.3 is 0 Å². The van der Waals surface area contributed by atoms with E-state index in [-0.39, 0.29) is 22.8 Å². The van der Waals surface area contributed by atoms with Crippen LogP contribution in [-0.4, -0.2) is 62.4 Å². The van der Waals surface area contributed by atoms with Crippen LogP contribution in [0.3, 0.4) is 0 Å². The number of carbonyl (C=O) groups is 1. The summed E-state index contributed by atoms with van der Waals surface area (Å²) in [7, 11) is -3.53. The van der Waals surface area contributed by atoms with Crippen LogP contribution in [0.1, 0.15) is 19.8 Å². The Hall–Kier alpha value is -1.15. The maximum Gasteiger partial charge on any atom is 0.243 e. The zero-order valence-electron chi connectivity index (χ0n) is 14.2. The lowest BCUT2D eigenvalue weighted by Crippen LogP contribution is -2.49. The van der Waals surface area contributed by atoms with E-state index in [4.69, 9.17) is 16.3 Å². The molecule has 0 N–H and O–H groups in total. The van der Waals surface area contributed by atoms with Crippen molar-refractivity contribution >= 4 is 27.5 Å². The third-order valence-corrected chi connectivity index (χ3v) is 6.97. The Morgan fingerprint density at radius 2 is 1.80 bits per heavy atom. The number of sulfonamides is 1. The lowest BCUT2D eigenvalue weighted by molar-refractivity contribution is -0.143. The Labute approximate surface area is 153 Å². The second-order valence-corrected chi connectivity index (χ2v) is 8.97. The molecule has 1 amide bonds. The molecular weight excluding hydrogens is 364 g/mol. The lowest BCUT2D eigenvalue weighted by atomic mass is 9.96. The van der Waals surface area contributed by atoms with Crippen LogP contribution in [0.15, 0.2) is 29.2 Å². The molecule has 1 aromatic rings. The minimum atomic E-state index is -3.53. The number of rotatable bonds is 3. The second-order valence-electron chi connectivity index (χ2n) is 6.60. The molecule has 0 unspecified atom stereocenters. The van der Waals surface area contributed by atoms with Crippen molar-refractivity contribution in [1.29, 1.82) is 0 Å². The Morgan fingerprint density at radius 3 is 2.40 bits per heavy atom. The molecule has 2 heterocycles. The standard InChI is InChI=1S/C17H23ClN2O4S/c1-13-12-19(10-11-24-13)17(21)14-6-8-20(9-7-14)25(22,23)16-4-2-15(18)3-5-16/h2-5,13-14H,6-12H2,1H3/t13-/m1/s1. The first-order valence-electron chi connectivity index (χ1n) is 8.54. The predicted molar refractivity (Wildman–Crippen MR) is 94.9 cm³/mol. The number of ether oxygens (including phenoxy) is 1. The van der Waals surface area contributed by atoms with Crippen LogP contribution >= 0.6 is 11.6 Å². The molecule has 0 saturated carbocycles. The fourth-order valence-corrected chi connectivity index (χ4v) is 4.97. The van der Waals surface area contributed by atoms with Crippen molar-refractivity contribution in [3.05, 3.63) is 29.3 Å². The number of halogens is 1. The van der Waals surface area contributed by atoms with Crippen LogP contribution in [0.25, 0.3) is 0 Å². The van der Waals surface area contributed by atoms with Gasteiger partial charge in [-0.3, -0.25) is 4.79 Å². The topological polar surface area (TPSA) is 66.9 Å².